The van der Waals surface area contributed by atoms with Gasteiger partial charge in [0.15, 0.2) is 5.25 Å². The number of allylic oxidation sites excluding steroid dienone is 3. The van der Waals surface area contributed by atoms with Crippen molar-refractivity contribution in [3.63, 3.8) is 0 Å². The normalized spacial score (nSPS) is 26.6. The van der Waals surface area contributed by atoms with Crippen molar-refractivity contribution in [2.75, 3.05) is 7.05 Å². The zero-order valence-corrected chi connectivity index (χ0v) is 13.4. The number of hydrogen-bond acceptors (Lipinski definition) is 1. The zero-order valence-electron chi connectivity index (χ0n) is 12.6. The largest absolute Gasteiger partial charge is 0.462 e. The van der Waals surface area contributed by atoms with Crippen LogP contribution in [0.5, 0.6) is 0 Å². The van der Waals surface area contributed by atoms with Crippen LogP contribution in [0.3, 0.4) is 0 Å². The van der Waals surface area contributed by atoms with Crippen LogP contribution in [0.15, 0.2) is 65.4 Å². The van der Waals surface area contributed by atoms with Crippen LogP contribution >= 0.6 is 11.8 Å². The van der Waals surface area contributed by atoms with Crippen LogP contribution < -0.4 is 0 Å². The van der Waals surface area contributed by atoms with Gasteiger partial charge in [0, 0.05) is 13.0 Å². The zero-order chi connectivity index (χ0) is 15.3. The molecule has 0 fully saturated rings. The molecule has 110 valence electrons. The molecule has 3 nitrogen and oxygen atoms in total. The Bertz CT molecular complexity index is 800. The van der Waals surface area contributed by atoms with Gasteiger partial charge in [-0.3, -0.25) is 0 Å². The highest BCUT2D eigenvalue weighted by Gasteiger charge is 2.52. The minimum Gasteiger partial charge on any atom is -0.462 e. The van der Waals surface area contributed by atoms with Gasteiger partial charge in [-0.25, -0.2) is 0 Å². The summed E-state index contributed by atoms with van der Waals surface area (Å²) in [7, 11) is 2.10. The van der Waals surface area contributed by atoms with Crippen LogP contribution in [0.4, 0.5) is 0 Å². The average molecular weight is 310 g/mol. The van der Waals surface area contributed by atoms with Crippen molar-refractivity contribution in [2.45, 2.75) is 18.2 Å². The second-order valence-corrected chi connectivity index (χ2v) is 6.79. The van der Waals surface area contributed by atoms with Crippen molar-refractivity contribution in [3.05, 3.63) is 70.9 Å². The Kier molecular flexibility index (Phi) is 3.08. The maximum absolute atomic E-state index is 10.9. The minimum absolute atomic E-state index is 0.0294. The lowest BCUT2D eigenvalue weighted by Gasteiger charge is -2.16. The third-order valence-corrected chi connectivity index (χ3v) is 5.92. The van der Waals surface area contributed by atoms with E-state index in [0.717, 1.165) is 10.6 Å². The maximum Gasteiger partial charge on any atom is 0.360 e. The van der Waals surface area contributed by atoms with Gasteiger partial charge in [0.05, 0.1) is 0 Å². The molecule has 3 aliphatic rings. The van der Waals surface area contributed by atoms with Gasteiger partial charge in [-0.15, -0.1) is 4.58 Å². The number of aliphatic hydroxyl groups is 1. The Labute approximate surface area is 134 Å². The van der Waals surface area contributed by atoms with E-state index in [1.54, 1.807) is 11.8 Å². The van der Waals surface area contributed by atoms with E-state index in [-0.39, 0.29) is 11.3 Å². The summed E-state index contributed by atoms with van der Waals surface area (Å²) in [5.41, 5.74) is 3.52. The molecule has 0 amide bonds. The molecule has 0 spiro atoms. The topological polar surface area (TPSA) is 26.2 Å². The third-order valence-electron chi connectivity index (χ3n) is 4.48. The standard InChI is InChI=1S/C18H17N2OS/c1-12-18-20(15-11-7-6-10-14(15)19(12)2)17(21)16(22-18)13-8-4-3-5-9-13/h3-11,15-16H,1-2H3/q+1/p+1. The first kappa shape index (κ1) is 13.6. The summed E-state index contributed by atoms with van der Waals surface area (Å²) in [6.45, 7) is 2.12. The van der Waals surface area contributed by atoms with Crippen LogP contribution in [0, 0.1) is 0 Å². The van der Waals surface area contributed by atoms with Gasteiger partial charge < -0.3 is 5.11 Å². The van der Waals surface area contributed by atoms with Crippen LogP contribution in [0.25, 0.3) is 0 Å². The van der Waals surface area contributed by atoms with Gasteiger partial charge >= 0.3 is 10.9 Å². The lowest BCUT2D eigenvalue weighted by molar-refractivity contribution is -0.542. The van der Waals surface area contributed by atoms with Crippen molar-refractivity contribution >= 4 is 23.4 Å². The number of benzene rings is 1. The van der Waals surface area contributed by atoms with Crippen LogP contribution in [-0.2, 0) is 0 Å². The predicted octanol–water partition coefficient (Wildman–Crippen LogP) is 3.22. The summed E-state index contributed by atoms with van der Waals surface area (Å²) in [6, 6.07) is 10.3. The Morgan fingerprint density at radius 1 is 1.14 bits per heavy atom. The van der Waals surface area contributed by atoms with Crippen LogP contribution in [0.1, 0.15) is 17.7 Å². The molecule has 2 unspecified atom stereocenters. The molecule has 2 atom stereocenters. The van der Waals surface area contributed by atoms with E-state index in [1.165, 1.54) is 11.4 Å². The van der Waals surface area contributed by atoms with Crippen molar-refractivity contribution in [1.29, 1.82) is 0 Å². The van der Waals surface area contributed by atoms with Crippen molar-refractivity contribution < 1.29 is 14.3 Å². The highest BCUT2D eigenvalue weighted by Crippen LogP contribution is 2.45. The summed E-state index contributed by atoms with van der Waals surface area (Å²) in [5, 5.41) is 12.0. The van der Waals surface area contributed by atoms with E-state index < -0.39 is 0 Å². The summed E-state index contributed by atoms with van der Waals surface area (Å²) in [6.07, 6.45) is 8.37. The minimum atomic E-state index is -0.0294. The van der Waals surface area contributed by atoms with Crippen LogP contribution in [-0.4, -0.2) is 39.0 Å². The maximum atomic E-state index is 10.9. The molecular formula is C18H18N2OS+2. The molecule has 1 N–H and O–H groups in total. The summed E-state index contributed by atoms with van der Waals surface area (Å²) in [5.74, 6) is 0.432. The summed E-state index contributed by atoms with van der Waals surface area (Å²) in [4.78, 5) is 0. The third kappa shape index (κ3) is 1.83. The fourth-order valence-corrected chi connectivity index (χ4v) is 4.57. The van der Waals surface area contributed by atoms with Gasteiger partial charge in [-0.05, 0) is 23.4 Å². The predicted molar refractivity (Wildman–Crippen MR) is 90.6 cm³/mol. The Hall–Kier alpha value is -2.07. The van der Waals surface area contributed by atoms with Crippen LogP contribution in [0.2, 0.25) is 0 Å². The number of hydrogen-bond donors (Lipinski definition) is 1. The molecule has 4 rings (SSSR count). The van der Waals surface area contributed by atoms with Crippen molar-refractivity contribution in [1.82, 2.24) is 0 Å². The Balaban J connectivity index is 1.88. The molecule has 1 aromatic rings. The monoisotopic (exact) mass is 310 g/mol. The second kappa shape index (κ2) is 4.99. The quantitative estimate of drug-likeness (QED) is 0.806. The lowest BCUT2D eigenvalue weighted by Crippen LogP contribution is -2.42. The first-order chi connectivity index (χ1) is 10.7. The van der Waals surface area contributed by atoms with E-state index in [2.05, 4.69) is 53.5 Å². The first-order valence-electron chi connectivity index (χ1n) is 7.41. The molecule has 4 heteroatoms. The van der Waals surface area contributed by atoms with E-state index in [9.17, 15) is 5.11 Å². The number of rotatable bonds is 1. The molecule has 2 aliphatic heterocycles. The summed E-state index contributed by atoms with van der Waals surface area (Å²) < 4.78 is 4.30. The molecule has 0 bridgehead atoms. The molecule has 2 heterocycles. The van der Waals surface area contributed by atoms with Gasteiger partial charge in [0.2, 0.25) is 0 Å². The number of fused-ring (bicyclic) bond motifs is 3. The molecule has 0 saturated heterocycles. The fourth-order valence-electron chi connectivity index (χ4n) is 3.21. The molecule has 0 aromatic heterocycles. The molecule has 0 radical (unpaired) electrons. The fraction of sp³-hybridized carbons (Fsp3) is 0.222. The number of nitrogens with zero attached hydrogens (tertiary/aromatic N) is 2. The van der Waals surface area contributed by atoms with E-state index in [1.807, 2.05) is 24.3 Å². The van der Waals surface area contributed by atoms with Crippen molar-refractivity contribution in [2.24, 2.45) is 0 Å². The van der Waals surface area contributed by atoms with Gasteiger partial charge in [0.25, 0.3) is 17.5 Å². The van der Waals surface area contributed by atoms with Gasteiger partial charge in [0.1, 0.15) is 7.05 Å². The molecule has 1 aromatic carbocycles. The lowest BCUT2D eigenvalue weighted by atomic mass is 10.0. The SMILES string of the molecule is CC1=C2SC(c3ccccc3)C(O)=[N+]2C2C=CC=CC2=[N+]1C. The first-order valence-corrected chi connectivity index (χ1v) is 8.29. The average Bonchev–Trinajstić information content (AvgIpc) is 2.91. The highest BCUT2D eigenvalue weighted by molar-refractivity contribution is 8.04. The molecule has 0 saturated carbocycles. The highest BCUT2D eigenvalue weighted by atomic mass is 32.2. The van der Waals surface area contributed by atoms with E-state index >= 15 is 0 Å². The molecular weight excluding hydrogens is 292 g/mol. The molecule has 22 heavy (non-hydrogen) atoms. The Morgan fingerprint density at radius 3 is 2.68 bits per heavy atom. The number of thioether (sulfide) groups is 1. The Morgan fingerprint density at radius 2 is 1.91 bits per heavy atom. The van der Waals surface area contributed by atoms with E-state index in [4.69, 9.17) is 0 Å². The summed E-state index contributed by atoms with van der Waals surface area (Å²) >= 11 is 1.73. The van der Waals surface area contributed by atoms with Gasteiger partial charge in [-0.2, -0.15) is 4.58 Å². The van der Waals surface area contributed by atoms with Gasteiger partial charge in [-0.1, -0.05) is 42.5 Å². The number of aliphatic hydroxyl groups excluding tert-OH is 1. The van der Waals surface area contributed by atoms with Crippen molar-refractivity contribution in [3.8, 4) is 0 Å². The smallest absolute Gasteiger partial charge is 0.360 e. The molecule has 1 aliphatic carbocycles. The second-order valence-electron chi connectivity index (χ2n) is 5.70. The van der Waals surface area contributed by atoms with E-state index in [0.29, 0.717) is 5.90 Å².